The molecule has 0 aliphatic carbocycles. The molecule has 0 spiro atoms. The average Bonchev–Trinajstić information content (AvgIpc) is 3.02. The van der Waals surface area contributed by atoms with Crippen LogP contribution in [0.1, 0.15) is 29.7 Å². The van der Waals surface area contributed by atoms with Crippen LogP contribution < -0.4 is 5.32 Å². The Morgan fingerprint density at radius 3 is 2.92 bits per heavy atom. The molecule has 1 aromatic carbocycles. The Balaban J connectivity index is 1.63. The van der Waals surface area contributed by atoms with E-state index in [-0.39, 0.29) is 11.8 Å². The van der Waals surface area contributed by atoms with Crippen molar-refractivity contribution in [2.75, 3.05) is 6.54 Å². The maximum absolute atomic E-state index is 12.9. The predicted octanol–water partition coefficient (Wildman–Crippen LogP) is 3.64. The lowest BCUT2D eigenvalue weighted by atomic mass is 10.1. The highest BCUT2D eigenvalue weighted by molar-refractivity contribution is 7.10. The molecule has 1 aliphatic heterocycles. The molecule has 0 bridgehead atoms. The molecule has 1 unspecified atom stereocenters. The molecule has 1 atom stereocenters. The van der Waals surface area contributed by atoms with Gasteiger partial charge in [-0.3, -0.25) is 9.59 Å². The zero-order valence-electron chi connectivity index (χ0n) is 13.9. The Morgan fingerprint density at radius 2 is 2.16 bits per heavy atom. The minimum atomic E-state index is -0.436. The third-order valence-corrected chi connectivity index (χ3v) is 5.40. The molecule has 1 aromatic heterocycles. The smallest absolute Gasteiger partial charge is 0.245 e. The van der Waals surface area contributed by atoms with Crippen LogP contribution in [0.4, 0.5) is 0 Å². The molecule has 132 valence electrons. The van der Waals surface area contributed by atoms with Crippen LogP contribution in [0, 0.1) is 0 Å². The number of hydrogen-bond donors (Lipinski definition) is 1. The Bertz CT molecular complexity index is 733. The van der Waals surface area contributed by atoms with Crippen LogP contribution in [-0.2, 0) is 22.6 Å². The fourth-order valence-corrected chi connectivity index (χ4v) is 3.98. The summed E-state index contributed by atoms with van der Waals surface area (Å²) in [5.74, 6) is -0.0950. The van der Waals surface area contributed by atoms with E-state index in [1.165, 1.54) is 0 Å². The quantitative estimate of drug-likeness (QED) is 0.866. The number of rotatable bonds is 5. The van der Waals surface area contributed by atoms with E-state index >= 15 is 0 Å². The second kappa shape index (κ2) is 8.50. The van der Waals surface area contributed by atoms with Crippen molar-refractivity contribution in [3.8, 4) is 0 Å². The summed E-state index contributed by atoms with van der Waals surface area (Å²) in [6.45, 7) is 1.24. The van der Waals surface area contributed by atoms with E-state index < -0.39 is 6.04 Å². The first-order valence-electron chi connectivity index (χ1n) is 8.47. The fourth-order valence-electron chi connectivity index (χ4n) is 3.07. The monoisotopic (exact) mass is 376 g/mol. The Kier molecular flexibility index (Phi) is 6.10. The highest BCUT2D eigenvalue weighted by Crippen LogP contribution is 2.18. The zero-order valence-corrected chi connectivity index (χ0v) is 15.5. The van der Waals surface area contributed by atoms with Crippen molar-refractivity contribution in [1.82, 2.24) is 10.2 Å². The van der Waals surface area contributed by atoms with Crippen molar-refractivity contribution >= 4 is 34.8 Å². The van der Waals surface area contributed by atoms with Gasteiger partial charge in [-0.15, -0.1) is 11.3 Å². The van der Waals surface area contributed by atoms with Gasteiger partial charge in [0.1, 0.15) is 6.04 Å². The first-order valence-corrected chi connectivity index (χ1v) is 9.72. The van der Waals surface area contributed by atoms with Crippen LogP contribution in [0.25, 0.3) is 0 Å². The number of hydrogen-bond acceptors (Lipinski definition) is 3. The summed E-state index contributed by atoms with van der Waals surface area (Å²) >= 11 is 7.59. The van der Waals surface area contributed by atoms with Gasteiger partial charge in [0.2, 0.25) is 11.8 Å². The van der Waals surface area contributed by atoms with Gasteiger partial charge in [0.05, 0.1) is 6.42 Å². The summed E-state index contributed by atoms with van der Waals surface area (Å²) in [6.07, 6.45) is 2.90. The third kappa shape index (κ3) is 5.06. The van der Waals surface area contributed by atoms with Gasteiger partial charge in [-0.05, 0) is 48.4 Å². The normalized spacial score (nSPS) is 18.0. The minimum Gasteiger partial charge on any atom is -0.344 e. The number of halogens is 1. The van der Waals surface area contributed by atoms with Crippen molar-refractivity contribution in [2.24, 2.45) is 0 Å². The van der Waals surface area contributed by atoms with Crippen LogP contribution in [0.15, 0.2) is 41.8 Å². The fraction of sp³-hybridized carbons (Fsp3) is 0.368. The van der Waals surface area contributed by atoms with E-state index in [1.54, 1.807) is 11.3 Å². The topological polar surface area (TPSA) is 49.4 Å². The van der Waals surface area contributed by atoms with E-state index in [2.05, 4.69) is 5.32 Å². The summed E-state index contributed by atoms with van der Waals surface area (Å²) in [6, 6.07) is 11.0. The molecule has 2 heterocycles. The summed E-state index contributed by atoms with van der Waals surface area (Å²) in [7, 11) is 0. The molecule has 1 N–H and O–H groups in total. The van der Waals surface area contributed by atoms with E-state index in [0.717, 1.165) is 23.3 Å². The molecule has 2 aromatic rings. The van der Waals surface area contributed by atoms with Gasteiger partial charge in [-0.1, -0.05) is 29.8 Å². The molecule has 1 aliphatic rings. The molecule has 0 radical (unpaired) electrons. The molecular weight excluding hydrogens is 356 g/mol. The highest BCUT2D eigenvalue weighted by atomic mass is 35.5. The minimum absolute atomic E-state index is 0.00277. The van der Waals surface area contributed by atoms with Crippen LogP contribution in [0.2, 0.25) is 5.02 Å². The highest BCUT2D eigenvalue weighted by Gasteiger charge is 2.28. The Hall–Kier alpha value is -1.85. The first-order chi connectivity index (χ1) is 12.1. The van der Waals surface area contributed by atoms with Crippen molar-refractivity contribution in [3.05, 3.63) is 57.2 Å². The maximum Gasteiger partial charge on any atom is 0.245 e. The van der Waals surface area contributed by atoms with Gasteiger partial charge in [0.25, 0.3) is 0 Å². The van der Waals surface area contributed by atoms with Gasteiger partial charge < -0.3 is 10.2 Å². The Morgan fingerprint density at radius 1 is 1.28 bits per heavy atom. The molecule has 25 heavy (non-hydrogen) atoms. The first kappa shape index (κ1) is 18.0. The predicted molar refractivity (Wildman–Crippen MR) is 101 cm³/mol. The number of nitrogens with one attached hydrogen (secondary N) is 1. The molecular formula is C19H21ClN2O2S. The lowest BCUT2D eigenvalue weighted by Gasteiger charge is -2.25. The van der Waals surface area contributed by atoms with E-state index in [0.29, 0.717) is 31.0 Å². The molecule has 0 saturated carbocycles. The molecule has 1 fully saturated rings. The van der Waals surface area contributed by atoms with Gasteiger partial charge in [-0.25, -0.2) is 0 Å². The number of carbonyl (C=O) groups excluding carboxylic acids is 2. The van der Waals surface area contributed by atoms with Crippen molar-refractivity contribution < 1.29 is 9.59 Å². The standard InChI is InChI=1S/C19H21ClN2O2S/c20-15-6-3-5-14(11-15)13-22-9-2-1-8-17(19(22)24)21-18(23)12-16-7-4-10-25-16/h3-7,10-11,17H,1-2,8-9,12-13H2,(H,21,23). The summed E-state index contributed by atoms with van der Waals surface area (Å²) in [5, 5.41) is 5.54. The van der Waals surface area contributed by atoms with Crippen molar-refractivity contribution in [2.45, 2.75) is 38.3 Å². The molecule has 4 nitrogen and oxygen atoms in total. The lowest BCUT2D eigenvalue weighted by molar-refractivity contribution is -0.136. The average molecular weight is 377 g/mol. The van der Waals surface area contributed by atoms with Crippen LogP contribution >= 0.6 is 22.9 Å². The second-order valence-electron chi connectivity index (χ2n) is 6.26. The molecule has 6 heteroatoms. The maximum atomic E-state index is 12.9. The summed E-state index contributed by atoms with van der Waals surface area (Å²) < 4.78 is 0. The van der Waals surface area contributed by atoms with E-state index in [9.17, 15) is 9.59 Å². The third-order valence-electron chi connectivity index (χ3n) is 4.29. The van der Waals surface area contributed by atoms with Crippen LogP contribution in [0.3, 0.4) is 0 Å². The number of amides is 2. The molecule has 1 saturated heterocycles. The van der Waals surface area contributed by atoms with Crippen molar-refractivity contribution in [1.29, 1.82) is 0 Å². The van der Waals surface area contributed by atoms with Gasteiger partial charge in [0.15, 0.2) is 0 Å². The van der Waals surface area contributed by atoms with Crippen molar-refractivity contribution in [3.63, 3.8) is 0 Å². The SMILES string of the molecule is O=C(Cc1cccs1)NC1CCCCN(Cc2cccc(Cl)c2)C1=O. The Labute approximate surface area is 156 Å². The number of likely N-dealkylation sites (tertiary alicyclic amines) is 1. The number of benzene rings is 1. The summed E-state index contributed by atoms with van der Waals surface area (Å²) in [4.78, 5) is 27.9. The van der Waals surface area contributed by atoms with E-state index in [1.807, 2.05) is 46.7 Å². The number of carbonyl (C=O) groups is 2. The second-order valence-corrected chi connectivity index (χ2v) is 7.73. The number of nitrogens with zero attached hydrogens (tertiary/aromatic N) is 1. The van der Waals surface area contributed by atoms with Gasteiger partial charge in [0, 0.05) is 23.0 Å². The molecule has 2 amide bonds. The zero-order chi connectivity index (χ0) is 17.6. The largest absolute Gasteiger partial charge is 0.344 e. The number of thiophene rings is 1. The van der Waals surface area contributed by atoms with Gasteiger partial charge >= 0.3 is 0 Å². The molecule has 3 rings (SSSR count). The van der Waals surface area contributed by atoms with E-state index in [4.69, 9.17) is 11.6 Å². The van der Waals surface area contributed by atoms with Gasteiger partial charge in [-0.2, -0.15) is 0 Å². The van der Waals surface area contributed by atoms with Crippen LogP contribution in [0.5, 0.6) is 0 Å². The van der Waals surface area contributed by atoms with Crippen LogP contribution in [-0.4, -0.2) is 29.3 Å². The summed E-state index contributed by atoms with van der Waals surface area (Å²) in [5.41, 5.74) is 1.01. The lowest BCUT2D eigenvalue weighted by Crippen LogP contribution is -2.47.